The maximum Gasteiger partial charge on any atom is 0.329 e. The molecule has 7 nitrogen and oxygen atoms in total. The molecular weight excluding hydrogens is 478 g/mol. The summed E-state index contributed by atoms with van der Waals surface area (Å²) < 4.78 is 40.6. The van der Waals surface area contributed by atoms with Crippen molar-refractivity contribution in [3.05, 3.63) is 64.4 Å². The Balaban J connectivity index is 2.04. The Bertz CT molecular complexity index is 1200. The summed E-state index contributed by atoms with van der Waals surface area (Å²) in [5, 5.41) is 9.19. The number of methoxy groups -OCH3 is 2. The van der Waals surface area contributed by atoms with Crippen molar-refractivity contribution in [2.45, 2.75) is 27.2 Å². The van der Waals surface area contributed by atoms with Gasteiger partial charge in [-0.1, -0.05) is 24.3 Å². The van der Waals surface area contributed by atoms with Crippen LogP contribution in [0.3, 0.4) is 0 Å². The SMILES string of the molecule is C=C(C)C(/C=C(\C)CN1CC[C@@H](C#N)C1)=C1\C(=C/C)CN(c2c(F)c(OC)cc(OC)c2F)C(=O)N1C. The van der Waals surface area contributed by atoms with Crippen molar-refractivity contribution in [3.63, 3.8) is 0 Å². The molecule has 9 heteroatoms. The van der Waals surface area contributed by atoms with E-state index in [9.17, 15) is 10.1 Å². The molecule has 0 spiro atoms. The van der Waals surface area contributed by atoms with Crippen LogP contribution >= 0.6 is 0 Å². The number of urea groups is 1. The van der Waals surface area contributed by atoms with E-state index in [1.54, 1.807) is 7.05 Å². The minimum atomic E-state index is -0.984. The number of nitrogens with zero attached hydrogens (tertiary/aromatic N) is 4. The van der Waals surface area contributed by atoms with Gasteiger partial charge in [0.05, 0.1) is 38.4 Å². The lowest BCUT2D eigenvalue weighted by atomic mass is 9.96. The minimum Gasteiger partial charge on any atom is -0.493 e. The van der Waals surface area contributed by atoms with Crippen LogP contribution < -0.4 is 14.4 Å². The second-order valence-corrected chi connectivity index (χ2v) is 9.38. The number of ether oxygens (including phenoxy) is 2. The molecule has 0 saturated carbocycles. The Labute approximate surface area is 217 Å². The largest absolute Gasteiger partial charge is 0.493 e. The van der Waals surface area contributed by atoms with Crippen LogP contribution in [0.1, 0.15) is 27.2 Å². The molecule has 0 bridgehead atoms. The second kappa shape index (κ2) is 11.6. The molecular formula is C28H34F2N4O3. The molecule has 0 radical (unpaired) electrons. The van der Waals surface area contributed by atoms with Crippen molar-refractivity contribution < 1.29 is 23.0 Å². The number of carbonyl (C=O) groups is 1. The molecule has 1 aromatic carbocycles. The van der Waals surface area contributed by atoms with Gasteiger partial charge in [0.15, 0.2) is 23.1 Å². The van der Waals surface area contributed by atoms with Gasteiger partial charge >= 0.3 is 6.03 Å². The Morgan fingerprint density at radius 3 is 2.35 bits per heavy atom. The van der Waals surface area contributed by atoms with E-state index in [1.165, 1.54) is 19.1 Å². The van der Waals surface area contributed by atoms with Crippen LogP contribution in [0.25, 0.3) is 0 Å². The van der Waals surface area contributed by atoms with Crippen LogP contribution in [-0.4, -0.2) is 63.3 Å². The van der Waals surface area contributed by atoms with Gasteiger partial charge in [-0.2, -0.15) is 5.26 Å². The number of rotatable bonds is 7. The molecule has 1 atom stereocenters. The van der Waals surface area contributed by atoms with E-state index in [4.69, 9.17) is 9.47 Å². The molecule has 2 saturated heterocycles. The van der Waals surface area contributed by atoms with Gasteiger partial charge in [-0.25, -0.2) is 13.6 Å². The number of likely N-dealkylation sites (N-methyl/N-ethyl adjacent to an activating group) is 1. The number of benzene rings is 1. The van der Waals surface area contributed by atoms with Gasteiger partial charge in [0, 0.05) is 31.8 Å². The average molecular weight is 513 g/mol. The standard InChI is InChI=1S/C28H34F2N4O3/c1-8-20-16-34(27-24(29)22(36-6)12-23(37-7)25(27)30)28(35)32(5)26(20)21(17(2)3)11-18(4)14-33-10-9-19(13-31)15-33/h8,11-12,19H,2,9-10,14-16H2,1,3-7H3/b18-11+,20-8-,26-21+/t19-/m0/s1. The molecule has 0 unspecified atom stereocenters. The van der Waals surface area contributed by atoms with Crippen molar-refractivity contribution in [1.29, 1.82) is 5.26 Å². The van der Waals surface area contributed by atoms with Gasteiger partial charge in [0.2, 0.25) is 0 Å². The average Bonchev–Trinajstić information content (AvgIpc) is 3.32. The number of hydrogen-bond donors (Lipinski definition) is 0. The van der Waals surface area contributed by atoms with E-state index in [1.807, 2.05) is 32.9 Å². The smallest absolute Gasteiger partial charge is 0.329 e. The van der Waals surface area contributed by atoms with Crippen LogP contribution in [0, 0.1) is 28.9 Å². The summed E-state index contributed by atoms with van der Waals surface area (Å²) in [5.74, 6) is -2.38. The third kappa shape index (κ3) is 5.54. The monoisotopic (exact) mass is 512 g/mol. The van der Waals surface area contributed by atoms with Crippen LogP contribution in [0.15, 0.2) is 52.8 Å². The number of nitriles is 1. The highest BCUT2D eigenvalue weighted by atomic mass is 19.1. The lowest BCUT2D eigenvalue weighted by Crippen LogP contribution is -2.48. The van der Waals surface area contributed by atoms with E-state index in [0.717, 1.165) is 47.2 Å². The Morgan fingerprint density at radius 2 is 1.86 bits per heavy atom. The molecule has 1 aromatic rings. The summed E-state index contributed by atoms with van der Waals surface area (Å²) in [6.07, 6.45) is 4.68. The fraction of sp³-hybridized carbons (Fsp3) is 0.429. The third-order valence-electron chi connectivity index (χ3n) is 6.69. The van der Waals surface area contributed by atoms with E-state index >= 15 is 8.78 Å². The van der Waals surface area contributed by atoms with Gasteiger partial charge < -0.3 is 9.47 Å². The number of likely N-dealkylation sites (tertiary alicyclic amines) is 1. The van der Waals surface area contributed by atoms with E-state index in [0.29, 0.717) is 17.8 Å². The summed E-state index contributed by atoms with van der Waals surface area (Å²) >= 11 is 0. The van der Waals surface area contributed by atoms with Gasteiger partial charge in [0.25, 0.3) is 0 Å². The molecule has 2 fully saturated rings. The first-order valence-electron chi connectivity index (χ1n) is 12.1. The molecule has 198 valence electrons. The van der Waals surface area contributed by atoms with E-state index in [2.05, 4.69) is 17.5 Å². The van der Waals surface area contributed by atoms with E-state index in [-0.39, 0.29) is 24.0 Å². The summed E-state index contributed by atoms with van der Waals surface area (Å²) in [6, 6.07) is 2.84. The maximum absolute atomic E-state index is 15.3. The number of hydrogen-bond acceptors (Lipinski definition) is 5. The van der Waals surface area contributed by atoms with Crippen LogP contribution in [-0.2, 0) is 0 Å². The van der Waals surface area contributed by atoms with Crippen molar-refractivity contribution in [1.82, 2.24) is 9.80 Å². The first-order chi connectivity index (χ1) is 17.6. The fourth-order valence-electron chi connectivity index (χ4n) is 4.79. The Hall–Kier alpha value is -3.64. The quantitative estimate of drug-likeness (QED) is 0.488. The zero-order valence-corrected chi connectivity index (χ0v) is 22.3. The lowest BCUT2D eigenvalue weighted by Gasteiger charge is -2.38. The maximum atomic E-state index is 15.3. The van der Waals surface area contributed by atoms with Crippen LogP contribution in [0.2, 0.25) is 0 Å². The number of anilines is 1. The summed E-state index contributed by atoms with van der Waals surface area (Å²) in [6.45, 7) is 12.0. The van der Waals surface area contributed by atoms with Crippen LogP contribution in [0.5, 0.6) is 11.5 Å². The number of halogens is 2. The summed E-state index contributed by atoms with van der Waals surface area (Å²) in [7, 11) is 4.10. The van der Waals surface area contributed by atoms with Crippen molar-refractivity contribution in [2.75, 3.05) is 52.3 Å². The molecule has 2 aliphatic heterocycles. The van der Waals surface area contributed by atoms with E-state index < -0.39 is 23.4 Å². The molecule has 3 rings (SSSR count). The second-order valence-electron chi connectivity index (χ2n) is 9.38. The summed E-state index contributed by atoms with van der Waals surface area (Å²) in [5.41, 5.74) is 3.37. The number of carbonyl (C=O) groups excluding carboxylic acids is 1. The van der Waals surface area contributed by atoms with Gasteiger partial charge in [-0.3, -0.25) is 14.7 Å². The topological polar surface area (TPSA) is 69.0 Å². The first kappa shape index (κ1) is 27.9. The lowest BCUT2D eigenvalue weighted by molar-refractivity contribution is 0.222. The predicted octanol–water partition coefficient (Wildman–Crippen LogP) is 5.42. The highest BCUT2D eigenvalue weighted by Crippen LogP contribution is 2.40. The zero-order chi connectivity index (χ0) is 27.4. The normalized spacial score (nSPS) is 21.4. The first-order valence-corrected chi connectivity index (χ1v) is 12.1. The fourth-order valence-corrected chi connectivity index (χ4v) is 4.79. The van der Waals surface area contributed by atoms with Crippen LogP contribution in [0.4, 0.5) is 19.3 Å². The third-order valence-corrected chi connectivity index (χ3v) is 6.69. The molecule has 0 aromatic heterocycles. The Kier molecular flexibility index (Phi) is 8.77. The van der Waals surface area contributed by atoms with Gasteiger partial charge in [0.1, 0.15) is 5.69 Å². The van der Waals surface area contributed by atoms with Gasteiger partial charge in [-0.15, -0.1) is 0 Å². The number of allylic oxidation sites excluding steroid dienone is 4. The molecule has 2 heterocycles. The minimum absolute atomic E-state index is 0.0468. The molecule has 37 heavy (non-hydrogen) atoms. The predicted molar refractivity (Wildman–Crippen MR) is 139 cm³/mol. The van der Waals surface area contributed by atoms with Crippen molar-refractivity contribution >= 4 is 11.7 Å². The molecule has 2 aliphatic rings. The molecule has 2 amide bonds. The highest BCUT2D eigenvalue weighted by Gasteiger charge is 2.37. The zero-order valence-electron chi connectivity index (χ0n) is 22.3. The van der Waals surface area contributed by atoms with Gasteiger partial charge in [-0.05, 0) is 44.9 Å². The Morgan fingerprint density at radius 1 is 1.24 bits per heavy atom. The highest BCUT2D eigenvalue weighted by molar-refractivity contribution is 5.97. The number of amides is 2. The molecule has 0 N–H and O–H groups in total. The van der Waals surface area contributed by atoms with Crippen molar-refractivity contribution in [2.24, 2.45) is 5.92 Å². The van der Waals surface area contributed by atoms with Crippen molar-refractivity contribution in [3.8, 4) is 17.6 Å². The molecule has 0 aliphatic carbocycles. The summed E-state index contributed by atoms with van der Waals surface area (Å²) in [4.78, 5) is 18.2.